The predicted octanol–water partition coefficient (Wildman–Crippen LogP) is 5.01. The predicted molar refractivity (Wildman–Crippen MR) is 78.5 cm³/mol. The molecule has 0 saturated heterocycles. The highest BCUT2D eigenvalue weighted by Gasteiger charge is 2.19. The lowest BCUT2D eigenvalue weighted by Gasteiger charge is -2.25. The second-order valence-corrected chi connectivity index (χ2v) is 7.01. The van der Waals surface area contributed by atoms with Gasteiger partial charge in [0.15, 0.2) is 5.78 Å². The van der Waals surface area contributed by atoms with Crippen LogP contribution in [-0.4, -0.2) is 5.78 Å². The van der Waals surface area contributed by atoms with Crippen LogP contribution in [0.5, 0.6) is 0 Å². The molecule has 0 unspecified atom stereocenters. The van der Waals surface area contributed by atoms with Gasteiger partial charge in [-0.05, 0) is 46.3 Å². The lowest BCUT2D eigenvalue weighted by molar-refractivity contribution is 0.103. The summed E-state index contributed by atoms with van der Waals surface area (Å²) in [5.41, 5.74) is 2.93. The van der Waals surface area contributed by atoms with E-state index in [1.54, 1.807) is 11.3 Å². The summed E-state index contributed by atoms with van der Waals surface area (Å²) in [5, 5.41) is 1.90. The molecule has 0 atom stereocenters. The molecule has 1 saturated carbocycles. The molecular weight excluding hydrogens is 308 g/mol. The Bertz CT molecular complexity index is 566. The van der Waals surface area contributed by atoms with Gasteiger partial charge < -0.3 is 0 Å². The Labute approximate surface area is 119 Å². The van der Waals surface area contributed by atoms with Crippen molar-refractivity contribution in [3.8, 4) is 0 Å². The molecule has 0 bridgehead atoms. The molecule has 0 aliphatic heterocycles. The summed E-state index contributed by atoms with van der Waals surface area (Å²) < 4.78 is 0.997. The topological polar surface area (TPSA) is 17.1 Å². The molecule has 1 aromatic carbocycles. The van der Waals surface area contributed by atoms with Crippen molar-refractivity contribution < 1.29 is 4.79 Å². The van der Waals surface area contributed by atoms with E-state index >= 15 is 0 Å². The van der Waals surface area contributed by atoms with Crippen molar-refractivity contribution in [2.24, 2.45) is 0 Å². The van der Waals surface area contributed by atoms with Crippen molar-refractivity contribution in [3.63, 3.8) is 0 Å². The van der Waals surface area contributed by atoms with E-state index in [4.69, 9.17) is 0 Å². The highest BCUT2D eigenvalue weighted by molar-refractivity contribution is 9.11. The third kappa shape index (κ3) is 2.29. The molecule has 0 spiro atoms. The van der Waals surface area contributed by atoms with Crippen molar-refractivity contribution in [3.05, 3.63) is 56.2 Å². The molecule has 0 N–H and O–H groups in total. The van der Waals surface area contributed by atoms with Crippen LogP contribution in [0, 0.1) is 0 Å². The van der Waals surface area contributed by atoms with Crippen LogP contribution in [0.2, 0.25) is 0 Å². The molecule has 2 aromatic rings. The largest absolute Gasteiger partial charge is 0.289 e. The monoisotopic (exact) mass is 320 g/mol. The molecule has 1 fully saturated rings. The average Bonchev–Trinajstić information content (AvgIpc) is 2.74. The van der Waals surface area contributed by atoms with E-state index in [2.05, 4.69) is 28.1 Å². The van der Waals surface area contributed by atoms with E-state index in [9.17, 15) is 4.79 Å². The third-order valence-corrected chi connectivity index (χ3v) is 5.08. The highest BCUT2D eigenvalue weighted by atomic mass is 79.9. The Hall–Kier alpha value is -0.930. The molecule has 18 heavy (non-hydrogen) atoms. The van der Waals surface area contributed by atoms with E-state index in [1.807, 2.05) is 23.6 Å². The molecule has 1 aromatic heterocycles. The minimum atomic E-state index is 0.108. The first-order chi connectivity index (χ1) is 8.74. The summed E-state index contributed by atoms with van der Waals surface area (Å²) in [5.74, 6) is 0.835. The molecule has 1 nitrogen and oxygen atoms in total. The minimum Gasteiger partial charge on any atom is -0.289 e. The molecule has 3 rings (SSSR count). The number of ketones is 1. The maximum absolute atomic E-state index is 12.2. The normalized spacial score (nSPS) is 15.4. The lowest BCUT2D eigenvalue weighted by Crippen LogP contribution is -2.09. The fourth-order valence-corrected chi connectivity index (χ4v) is 3.38. The van der Waals surface area contributed by atoms with Crippen LogP contribution in [0.1, 0.15) is 46.7 Å². The molecule has 92 valence electrons. The average molecular weight is 321 g/mol. The number of carbonyl (C=O) groups excluding carboxylic acids is 1. The maximum atomic E-state index is 12.2. The number of rotatable bonds is 3. The van der Waals surface area contributed by atoms with Crippen LogP contribution in [0.15, 0.2) is 39.5 Å². The van der Waals surface area contributed by atoms with Gasteiger partial charge in [-0.1, -0.05) is 30.7 Å². The molecule has 1 heterocycles. The van der Waals surface area contributed by atoms with E-state index in [1.165, 1.54) is 24.8 Å². The van der Waals surface area contributed by atoms with Crippen LogP contribution < -0.4 is 0 Å². The fraction of sp³-hybridized carbons (Fsp3) is 0.267. The number of halogens is 1. The van der Waals surface area contributed by atoms with Gasteiger partial charge >= 0.3 is 0 Å². The van der Waals surface area contributed by atoms with Gasteiger partial charge in [0.1, 0.15) is 0 Å². The van der Waals surface area contributed by atoms with Crippen LogP contribution in [-0.2, 0) is 0 Å². The van der Waals surface area contributed by atoms with Crippen molar-refractivity contribution >= 4 is 33.0 Å². The zero-order valence-electron chi connectivity index (χ0n) is 9.86. The van der Waals surface area contributed by atoms with Crippen LogP contribution in [0.3, 0.4) is 0 Å². The Morgan fingerprint density at radius 2 is 1.89 bits per heavy atom. The van der Waals surface area contributed by atoms with Crippen molar-refractivity contribution in [2.75, 3.05) is 0 Å². The smallest absolute Gasteiger partial charge is 0.193 e. The van der Waals surface area contributed by atoms with Gasteiger partial charge in [-0.3, -0.25) is 4.79 Å². The molecule has 0 radical (unpaired) electrons. The van der Waals surface area contributed by atoms with Crippen LogP contribution in [0.4, 0.5) is 0 Å². The molecule has 0 amide bonds. The Balaban J connectivity index is 1.81. The van der Waals surface area contributed by atoms with Crippen molar-refractivity contribution in [2.45, 2.75) is 25.2 Å². The first-order valence-corrected chi connectivity index (χ1v) is 7.80. The quantitative estimate of drug-likeness (QED) is 0.726. The molecular formula is C15H13BrOS. The zero-order chi connectivity index (χ0) is 12.5. The number of hydrogen-bond donors (Lipinski definition) is 0. The Morgan fingerprint density at radius 3 is 2.39 bits per heavy atom. The standard InChI is InChI=1S/C15H13BrOS/c16-14-8-13(9-18-14)15(17)12-6-4-11(5-7-12)10-2-1-3-10/h4-10H,1-3H2. The fourth-order valence-electron chi connectivity index (χ4n) is 2.24. The maximum Gasteiger partial charge on any atom is 0.193 e. The summed E-state index contributed by atoms with van der Waals surface area (Å²) in [6, 6.07) is 10.0. The molecule has 1 aliphatic rings. The first-order valence-electron chi connectivity index (χ1n) is 6.13. The van der Waals surface area contributed by atoms with Crippen LogP contribution >= 0.6 is 27.3 Å². The first kappa shape index (κ1) is 12.1. The van der Waals surface area contributed by atoms with Gasteiger partial charge in [0.05, 0.1) is 3.79 Å². The summed E-state index contributed by atoms with van der Waals surface area (Å²) in [7, 11) is 0. The van der Waals surface area contributed by atoms with Crippen LogP contribution in [0.25, 0.3) is 0 Å². The van der Waals surface area contributed by atoms with Gasteiger partial charge in [0, 0.05) is 16.5 Å². The van der Waals surface area contributed by atoms with Gasteiger partial charge in [0.25, 0.3) is 0 Å². The van der Waals surface area contributed by atoms with Gasteiger partial charge in [0.2, 0.25) is 0 Å². The van der Waals surface area contributed by atoms with Crippen molar-refractivity contribution in [1.82, 2.24) is 0 Å². The number of carbonyl (C=O) groups is 1. The summed E-state index contributed by atoms with van der Waals surface area (Å²) in [6.45, 7) is 0. The second-order valence-electron chi connectivity index (χ2n) is 4.72. The van der Waals surface area contributed by atoms with Crippen molar-refractivity contribution in [1.29, 1.82) is 0 Å². The lowest BCUT2D eigenvalue weighted by atomic mass is 9.80. The molecule has 3 heteroatoms. The molecule has 1 aliphatic carbocycles. The highest BCUT2D eigenvalue weighted by Crippen LogP contribution is 2.36. The van der Waals surface area contributed by atoms with E-state index in [0.717, 1.165) is 20.8 Å². The Kier molecular flexibility index (Phi) is 3.35. The zero-order valence-corrected chi connectivity index (χ0v) is 12.3. The summed E-state index contributed by atoms with van der Waals surface area (Å²) in [4.78, 5) is 12.2. The van der Waals surface area contributed by atoms with E-state index in [-0.39, 0.29) is 5.78 Å². The summed E-state index contributed by atoms with van der Waals surface area (Å²) in [6.07, 6.45) is 3.93. The second kappa shape index (κ2) is 4.98. The Morgan fingerprint density at radius 1 is 1.17 bits per heavy atom. The SMILES string of the molecule is O=C(c1ccc(C2CCC2)cc1)c1csc(Br)c1. The van der Waals surface area contributed by atoms with Gasteiger partial charge in [-0.15, -0.1) is 11.3 Å². The van der Waals surface area contributed by atoms with Gasteiger partial charge in [-0.2, -0.15) is 0 Å². The van der Waals surface area contributed by atoms with Gasteiger partial charge in [-0.25, -0.2) is 0 Å². The number of hydrogen-bond acceptors (Lipinski definition) is 2. The summed E-state index contributed by atoms with van der Waals surface area (Å²) >= 11 is 4.93. The minimum absolute atomic E-state index is 0.108. The number of thiophene rings is 1. The van der Waals surface area contributed by atoms with E-state index < -0.39 is 0 Å². The number of benzene rings is 1. The third-order valence-electron chi connectivity index (χ3n) is 3.58. The van der Waals surface area contributed by atoms with E-state index in [0.29, 0.717) is 0 Å².